The average Bonchev–Trinajstić information content (AvgIpc) is 2.01. The Morgan fingerprint density at radius 2 is 2.14 bits per heavy atom. The van der Waals surface area contributed by atoms with Crippen LogP contribution in [0.25, 0.3) is 5.57 Å². The number of nitrogens with two attached hydrogens (primary N) is 1. The van der Waals surface area contributed by atoms with Gasteiger partial charge in [0, 0.05) is 11.1 Å². The molecule has 2 nitrogen and oxygen atoms in total. The molecule has 1 aromatic rings. The summed E-state index contributed by atoms with van der Waals surface area (Å²) in [5, 5.41) is 0.639. The minimum Gasteiger partial charge on any atom is -0.366 e. The number of allylic oxidation sites excluding steroid dienone is 1. The van der Waals surface area contributed by atoms with E-state index in [0.29, 0.717) is 5.02 Å². The first kappa shape index (κ1) is 10.8. The molecule has 0 aliphatic carbocycles. The molecular formula is C11H12ClNO. The third-order valence-corrected chi connectivity index (χ3v) is 2.22. The summed E-state index contributed by atoms with van der Waals surface area (Å²) in [5.74, 6) is -0.459. The van der Waals surface area contributed by atoms with E-state index < -0.39 is 5.91 Å². The van der Waals surface area contributed by atoms with Crippen molar-refractivity contribution in [2.75, 3.05) is 0 Å². The highest BCUT2D eigenvalue weighted by Crippen LogP contribution is 2.24. The van der Waals surface area contributed by atoms with Gasteiger partial charge in [-0.1, -0.05) is 23.7 Å². The maximum absolute atomic E-state index is 10.7. The summed E-state index contributed by atoms with van der Waals surface area (Å²) in [6, 6.07) is 5.68. The lowest BCUT2D eigenvalue weighted by Gasteiger charge is -2.04. The first-order valence-corrected chi connectivity index (χ1v) is 4.63. The Hall–Kier alpha value is -1.28. The van der Waals surface area contributed by atoms with Crippen LogP contribution in [0.2, 0.25) is 5.02 Å². The molecule has 0 unspecified atom stereocenters. The summed E-state index contributed by atoms with van der Waals surface area (Å²) in [5.41, 5.74) is 7.76. The average molecular weight is 210 g/mol. The van der Waals surface area contributed by atoms with Crippen molar-refractivity contribution < 1.29 is 4.79 Å². The van der Waals surface area contributed by atoms with Crippen LogP contribution in [-0.4, -0.2) is 5.91 Å². The quantitative estimate of drug-likeness (QED) is 0.748. The molecule has 0 saturated carbocycles. The molecule has 14 heavy (non-hydrogen) atoms. The Morgan fingerprint density at radius 3 is 2.64 bits per heavy atom. The van der Waals surface area contributed by atoms with E-state index in [1.165, 1.54) is 6.08 Å². The van der Waals surface area contributed by atoms with Crippen molar-refractivity contribution >= 4 is 23.1 Å². The number of carbonyl (C=O) groups excluding carboxylic acids is 1. The molecule has 0 bridgehead atoms. The van der Waals surface area contributed by atoms with Gasteiger partial charge in [-0.15, -0.1) is 0 Å². The van der Waals surface area contributed by atoms with Crippen molar-refractivity contribution in [3.8, 4) is 0 Å². The molecule has 0 aromatic heterocycles. The van der Waals surface area contributed by atoms with Crippen molar-refractivity contribution in [3.05, 3.63) is 40.4 Å². The second-order valence-corrected chi connectivity index (χ2v) is 3.62. The largest absolute Gasteiger partial charge is 0.366 e. The number of aryl methyl sites for hydroxylation is 1. The van der Waals surface area contributed by atoms with Crippen LogP contribution in [0.15, 0.2) is 24.3 Å². The zero-order chi connectivity index (χ0) is 10.7. The van der Waals surface area contributed by atoms with Gasteiger partial charge in [-0.05, 0) is 36.6 Å². The minimum absolute atomic E-state index is 0.459. The number of primary amides is 1. The molecule has 3 heteroatoms. The molecule has 1 amide bonds. The van der Waals surface area contributed by atoms with E-state index in [2.05, 4.69) is 0 Å². The van der Waals surface area contributed by atoms with Gasteiger partial charge in [0.05, 0.1) is 0 Å². The molecule has 0 heterocycles. The van der Waals surface area contributed by atoms with Crippen LogP contribution >= 0.6 is 11.6 Å². The van der Waals surface area contributed by atoms with E-state index in [4.69, 9.17) is 17.3 Å². The summed E-state index contributed by atoms with van der Waals surface area (Å²) in [6.07, 6.45) is 1.37. The summed E-state index contributed by atoms with van der Waals surface area (Å²) < 4.78 is 0. The number of rotatable bonds is 2. The predicted octanol–water partition coefficient (Wildman–Crippen LogP) is 2.54. The molecule has 1 aromatic carbocycles. The SMILES string of the molecule is C/C(=C\C(N)=O)c1ccc(C)cc1Cl. The van der Waals surface area contributed by atoms with Gasteiger partial charge in [0.25, 0.3) is 0 Å². The van der Waals surface area contributed by atoms with Crippen LogP contribution in [-0.2, 0) is 4.79 Å². The highest BCUT2D eigenvalue weighted by Gasteiger charge is 2.03. The van der Waals surface area contributed by atoms with Crippen LogP contribution in [0.4, 0.5) is 0 Å². The van der Waals surface area contributed by atoms with Crippen molar-refractivity contribution in [1.29, 1.82) is 0 Å². The number of benzene rings is 1. The molecule has 0 saturated heterocycles. The van der Waals surface area contributed by atoms with Crippen LogP contribution in [0.1, 0.15) is 18.1 Å². The monoisotopic (exact) mass is 209 g/mol. The van der Waals surface area contributed by atoms with Crippen LogP contribution in [0.5, 0.6) is 0 Å². The van der Waals surface area contributed by atoms with Crippen molar-refractivity contribution in [2.24, 2.45) is 5.73 Å². The number of halogens is 1. The number of hydrogen-bond acceptors (Lipinski definition) is 1. The van der Waals surface area contributed by atoms with E-state index in [-0.39, 0.29) is 0 Å². The topological polar surface area (TPSA) is 43.1 Å². The van der Waals surface area contributed by atoms with Gasteiger partial charge < -0.3 is 5.73 Å². The summed E-state index contributed by atoms with van der Waals surface area (Å²) >= 11 is 6.01. The third kappa shape index (κ3) is 2.60. The highest BCUT2D eigenvalue weighted by molar-refractivity contribution is 6.32. The molecule has 74 valence electrons. The maximum atomic E-state index is 10.7. The molecule has 0 atom stereocenters. The zero-order valence-corrected chi connectivity index (χ0v) is 8.93. The van der Waals surface area contributed by atoms with Crippen LogP contribution in [0, 0.1) is 6.92 Å². The molecule has 2 N–H and O–H groups in total. The lowest BCUT2D eigenvalue weighted by molar-refractivity contribution is -0.113. The summed E-state index contributed by atoms with van der Waals surface area (Å²) in [7, 11) is 0. The van der Waals surface area contributed by atoms with Gasteiger partial charge >= 0.3 is 0 Å². The van der Waals surface area contributed by atoms with E-state index in [0.717, 1.165) is 16.7 Å². The molecule has 0 fully saturated rings. The van der Waals surface area contributed by atoms with Gasteiger partial charge in [0.15, 0.2) is 0 Å². The number of hydrogen-bond donors (Lipinski definition) is 1. The molecule has 0 spiro atoms. The van der Waals surface area contributed by atoms with Gasteiger partial charge in [-0.3, -0.25) is 4.79 Å². The minimum atomic E-state index is -0.459. The lowest BCUT2D eigenvalue weighted by Crippen LogP contribution is -2.06. The fourth-order valence-electron chi connectivity index (χ4n) is 1.23. The van der Waals surface area contributed by atoms with Crippen molar-refractivity contribution in [2.45, 2.75) is 13.8 Å². The smallest absolute Gasteiger partial charge is 0.241 e. The molecule has 0 radical (unpaired) electrons. The Bertz CT molecular complexity index is 396. The van der Waals surface area contributed by atoms with Gasteiger partial charge in [-0.25, -0.2) is 0 Å². The van der Waals surface area contributed by atoms with E-state index in [1.807, 2.05) is 25.1 Å². The molecular weight excluding hydrogens is 198 g/mol. The lowest BCUT2D eigenvalue weighted by atomic mass is 10.1. The van der Waals surface area contributed by atoms with E-state index in [9.17, 15) is 4.79 Å². The van der Waals surface area contributed by atoms with Crippen molar-refractivity contribution in [1.82, 2.24) is 0 Å². The number of carbonyl (C=O) groups is 1. The molecule has 0 aliphatic heterocycles. The highest BCUT2D eigenvalue weighted by atomic mass is 35.5. The first-order chi connectivity index (χ1) is 6.50. The van der Waals surface area contributed by atoms with Crippen LogP contribution < -0.4 is 5.73 Å². The van der Waals surface area contributed by atoms with Crippen LogP contribution in [0.3, 0.4) is 0 Å². The normalized spacial score (nSPS) is 11.5. The summed E-state index contributed by atoms with van der Waals surface area (Å²) in [6.45, 7) is 3.77. The standard InChI is InChI=1S/C11H12ClNO/c1-7-3-4-9(10(12)5-7)8(2)6-11(13)14/h3-6H,1-2H3,(H2,13,14)/b8-6+. The Balaban J connectivity index is 3.14. The third-order valence-electron chi connectivity index (χ3n) is 1.91. The zero-order valence-electron chi connectivity index (χ0n) is 8.17. The number of amides is 1. The van der Waals surface area contributed by atoms with E-state index >= 15 is 0 Å². The fourth-order valence-corrected chi connectivity index (χ4v) is 1.62. The molecule has 0 aliphatic rings. The molecule has 1 rings (SSSR count). The summed E-state index contributed by atoms with van der Waals surface area (Å²) in [4.78, 5) is 10.7. The Kier molecular flexibility index (Phi) is 3.31. The Labute approximate surface area is 88.4 Å². The van der Waals surface area contributed by atoms with Gasteiger partial charge in [0.2, 0.25) is 5.91 Å². The van der Waals surface area contributed by atoms with Gasteiger partial charge in [0.1, 0.15) is 0 Å². The second-order valence-electron chi connectivity index (χ2n) is 3.21. The van der Waals surface area contributed by atoms with Gasteiger partial charge in [-0.2, -0.15) is 0 Å². The fraction of sp³-hybridized carbons (Fsp3) is 0.182. The van der Waals surface area contributed by atoms with Crippen molar-refractivity contribution in [3.63, 3.8) is 0 Å². The Morgan fingerprint density at radius 1 is 1.50 bits per heavy atom. The van der Waals surface area contributed by atoms with E-state index in [1.54, 1.807) is 6.92 Å². The first-order valence-electron chi connectivity index (χ1n) is 4.25. The second kappa shape index (κ2) is 4.29. The predicted molar refractivity (Wildman–Crippen MR) is 59.0 cm³/mol. The maximum Gasteiger partial charge on any atom is 0.241 e.